The monoisotopic (exact) mass is 211 g/mol. The summed E-state index contributed by atoms with van der Waals surface area (Å²) >= 11 is 0. The third kappa shape index (κ3) is 4.33. The van der Waals surface area contributed by atoms with Gasteiger partial charge in [-0.3, -0.25) is 4.79 Å². The molecule has 3 unspecified atom stereocenters. The second-order valence-electron chi connectivity index (χ2n) is 5.31. The lowest BCUT2D eigenvalue weighted by Crippen LogP contribution is -2.22. The van der Waals surface area contributed by atoms with E-state index in [2.05, 4.69) is 13.8 Å². The molecule has 0 aromatic rings. The number of Topliss-reactive ketones (excluding diaryl/α,β-unsaturated/α-hetero) is 1. The van der Waals surface area contributed by atoms with Crippen LogP contribution in [0.4, 0.5) is 0 Å². The van der Waals surface area contributed by atoms with Crippen LogP contribution in [0.5, 0.6) is 0 Å². The second kappa shape index (κ2) is 6.26. The molecule has 1 rings (SSSR count). The molecule has 0 amide bonds. The van der Waals surface area contributed by atoms with Crippen molar-refractivity contribution >= 4 is 5.78 Å². The van der Waals surface area contributed by atoms with Crippen molar-refractivity contribution in [3.8, 4) is 0 Å². The van der Waals surface area contributed by atoms with Gasteiger partial charge in [0.15, 0.2) is 0 Å². The van der Waals surface area contributed by atoms with Gasteiger partial charge in [-0.1, -0.05) is 26.7 Å². The zero-order valence-electron chi connectivity index (χ0n) is 10.2. The Bertz CT molecular complexity index is 203. The maximum atomic E-state index is 11.9. The minimum absolute atomic E-state index is 0.360. The van der Waals surface area contributed by atoms with Crippen LogP contribution in [0.15, 0.2) is 0 Å². The topological polar surface area (TPSA) is 43.1 Å². The largest absolute Gasteiger partial charge is 0.330 e. The molecule has 0 spiro atoms. The van der Waals surface area contributed by atoms with Gasteiger partial charge in [0, 0.05) is 12.3 Å². The first-order chi connectivity index (χ1) is 7.13. The predicted octanol–water partition coefficient (Wildman–Crippen LogP) is 2.76. The smallest absolute Gasteiger partial charge is 0.135 e. The van der Waals surface area contributed by atoms with Gasteiger partial charge in [0.1, 0.15) is 5.78 Å². The van der Waals surface area contributed by atoms with Crippen molar-refractivity contribution in [1.29, 1.82) is 0 Å². The van der Waals surface area contributed by atoms with Crippen molar-refractivity contribution in [1.82, 2.24) is 0 Å². The molecule has 88 valence electrons. The Morgan fingerprint density at radius 3 is 2.80 bits per heavy atom. The number of hydrogen-bond donors (Lipinski definition) is 1. The van der Waals surface area contributed by atoms with Gasteiger partial charge in [0.25, 0.3) is 0 Å². The summed E-state index contributed by atoms with van der Waals surface area (Å²) in [5, 5.41) is 0. The Kier molecular flexibility index (Phi) is 5.30. The highest BCUT2D eigenvalue weighted by molar-refractivity contribution is 5.81. The number of ketones is 1. The number of nitrogens with two attached hydrogens (primary N) is 1. The summed E-state index contributed by atoms with van der Waals surface area (Å²) < 4.78 is 0. The average Bonchev–Trinajstić information content (AvgIpc) is 2.25. The first-order valence-corrected chi connectivity index (χ1v) is 6.36. The molecule has 0 heterocycles. The van der Waals surface area contributed by atoms with Gasteiger partial charge in [-0.25, -0.2) is 0 Å². The van der Waals surface area contributed by atoms with Gasteiger partial charge in [0.2, 0.25) is 0 Å². The van der Waals surface area contributed by atoms with E-state index in [1.807, 2.05) is 0 Å². The van der Waals surface area contributed by atoms with Crippen molar-refractivity contribution in [2.75, 3.05) is 6.54 Å². The first kappa shape index (κ1) is 12.7. The van der Waals surface area contributed by atoms with Gasteiger partial charge in [-0.05, 0) is 37.6 Å². The van der Waals surface area contributed by atoms with Gasteiger partial charge in [0.05, 0.1) is 0 Å². The van der Waals surface area contributed by atoms with E-state index in [9.17, 15) is 4.79 Å². The van der Waals surface area contributed by atoms with Crippen molar-refractivity contribution < 1.29 is 4.79 Å². The van der Waals surface area contributed by atoms with Crippen LogP contribution >= 0.6 is 0 Å². The normalized spacial score (nSPS) is 28.7. The highest BCUT2D eigenvalue weighted by Crippen LogP contribution is 2.30. The highest BCUT2D eigenvalue weighted by Gasteiger charge is 2.24. The predicted molar refractivity (Wildman–Crippen MR) is 63.6 cm³/mol. The van der Waals surface area contributed by atoms with Crippen LogP contribution in [0, 0.1) is 17.8 Å². The molecular weight excluding hydrogens is 186 g/mol. The molecule has 2 nitrogen and oxygen atoms in total. The maximum absolute atomic E-state index is 11.9. The first-order valence-electron chi connectivity index (χ1n) is 6.36. The van der Waals surface area contributed by atoms with E-state index in [1.54, 1.807) is 0 Å². The van der Waals surface area contributed by atoms with Crippen LogP contribution in [-0.4, -0.2) is 12.3 Å². The van der Waals surface area contributed by atoms with E-state index in [0.29, 0.717) is 24.2 Å². The third-order valence-corrected chi connectivity index (χ3v) is 3.68. The number of hydrogen-bond acceptors (Lipinski definition) is 2. The molecule has 2 heteroatoms. The second-order valence-corrected chi connectivity index (χ2v) is 5.31. The summed E-state index contributed by atoms with van der Waals surface area (Å²) in [6.07, 6.45) is 6.51. The lowest BCUT2D eigenvalue weighted by molar-refractivity contribution is -0.124. The molecule has 3 atom stereocenters. The van der Waals surface area contributed by atoms with Crippen LogP contribution in [0.2, 0.25) is 0 Å². The number of carbonyl (C=O) groups excluding carboxylic acids is 1. The molecule has 1 aliphatic carbocycles. The van der Waals surface area contributed by atoms with Crippen LogP contribution in [0.1, 0.15) is 52.4 Å². The minimum atomic E-state index is 0.360. The Balaban J connectivity index is 2.26. The fourth-order valence-corrected chi connectivity index (χ4v) is 2.44. The van der Waals surface area contributed by atoms with E-state index < -0.39 is 0 Å². The molecule has 1 fully saturated rings. The lowest BCUT2D eigenvalue weighted by Gasteiger charge is -2.25. The Morgan fingerprint density at radius 2 is 2.20 bits per heavy atom. The van der Waals surface area contributed by atoms with E-state index in [1.165, 1.54) is 12.8 Å². The van der Waals surface area contributed by atoms with Crippen LogP contribution in [0.3, 0.4) is 0 Å². The Hall–Kier alpha value is -0.370. The molecule has 0 aliphatic heterocycles. The summed E-state index contributed by atoms with van der Waals surface area (Å²) in [4.78, 5) is 11.9. The van der Waals surface area contributed by atoms with Gasteiger partial charge < -0.3 is 5.73 Å². The fraction of sp³-hybridized carbons (Fsp3) is 0.923. The highest BCUT2D eigenvalue weighted by atomic mass is 16.1. The molecule has 1 aliphatic rings. The van der Waals surface area contributed by atoms with E-state index in [0.717, 1.165) is 31.6 Å². The standard InChI is InChI=1S/C13H25NO/c1-10-4-3-5-12(8-10)13(15)7-6-11(2)9-14/h10-12H,3-9,14H2,1-2H3. The Morgan fingerprint density at radius 1 is 1.47 bits per heavy atom. The quantitative estimate of drug-likeness (QED) is 0.760. The van der Waals surface area contributed by atoms with Crippen molar-refractivity contribution in [3.63, 3.8) is 0 Å². The molecule has 0 bridgehead atoms. The SMILES string of the molecule is CC(CN)CCC(=O)C1CCCC(C)C1. The average molecular weight is 211 g/mol. The van der Waals surface area contributed by atoms with Gasteiger partial charge >= 0.3 is 0 Å². The van der Waals surface area contributed by atoms with Crippen molar-refractivity contribution in [3.05, 3.63) is 0 Å². The third-order valence-electron chi connectivity index (χ3n) is 3.68. The maximum Gasteiger partial charge on any atom is 0.135 e. The van der Waals surface area contributed by atoms with E-state index >= 15 is 0 Å². The number of carbonyl (C=O) groups is 1. The zero-order valence-corrected chi connectivity index (χ0v) is 10.2. The molecule has 0 radical (unpaired) electrons. The molecule has 0 aromatic heterocycles. The summed E-state index contributed by atoms with van der Waals surface area (Å²) in [6.45, 7) is 5.09. The fourth-order valence-electron chi connectivity index (χ4n) is 2.44. The molecule has 15 heavy (non-hydrogen) atoms. The summed E-state index contributed by atoms with van der Waals surface area (Å²) in [5.74, 6) is 2.09. The summed E-state index contributed by atoms with van der Waals surface area (Å²) in [7, 11) is 0. The molecular formula is C13H25NO. The van der Waals surface area contributed by atoms with Crippen LogP contribution in [-0.2, 0) is 4.79 Å². The van der Waals surface area contributed by atoms with Crippen molar-refractivity contribution in [2.45, 2.75) is 52.4 Å². The van der Waals surface area contributed by atoms with Crippen molar-refractivity contribution in [2.24, 2.45) is 23.5 Å². The Labute approximate surface area is 93.6 Å². The van der Waals surface area contributed by atoms with Gasteiger partial charge in [-0.15, -0.1) is 0 Å². The van der Waals surface area contributed by atoms with Crippen LogP contribution < -0.4 is 5.73 Å². The van der Waals surface area contributed by atoms with E-state index in [4.69, 9.17) is 5.73 Å². The molecule has 0 aromatic carbocycles. The minimum Gasteiger partial charge on any atom is -0.330 e. The zero-order chi connectivity index (χ0) is 11.3. The lowest BCUT2D eigenvalue weighted by atomic mass is 9.79. The van der Waals surface area contributed by atoms with Gasteiger partial charge in [-0.2, -0.15) is 0 Å². The molecule has 2 N–H and O–H groups in total. The van der Waals surface area contributed by atoms with E-state index in [-0.39, 0.29) is 0 Å². The van der Waals surface area contributed by atoms with Crippen LogP contribution in [0.25, 0.3) is 0 Å². The molecule has 0 saturated heterocycles. The number of rotatable bonds is 5. The summed E-state index contributed by atoms with van der Waals surface area (Å²) in [6, 6.07) is 0. The molecule has 1 saturated carbocycles. The summed E-state index contributed by atoms with van der Waals surface area (Å²) in [5.41, 5.74) is 5.55.